The first-order chi connectivity index (χ1) is 7.72. The topological polar surface area (TPSA) is 32.3 Å². The van der Waals surface area contributed by atoms with Gasteiger partial charge in [0.1, 0.15) is 5.75 Å². The van der Waals surface area contributed by atoms with Crippen LogP contribution in [0.25, 0.3) is 0 Å². The molecule has 2 N–H and O–H groups in total. The molecular formula is C13H18ClNO. The van der Waals surface area contributed by atoms with Crippen LogP contribution < -0.4 is 5.32 Å². The number of piperidine rings is 1. The summed E-state index contributed by atoms with van der Waals surface area (Å²) in [6.45, 7) is 4.06. The van der Waals surface area contributed by atoms with Crippen LogP contribution in [0.4, 0.5) is 0 Å². The average molecular weight is 240 g/mol. The maximum atomic E-state index is 10.2. The van der Waals surface area contributed by atoms with Crippen molar-refractivity contribution in [2.45, 2.75) is 32.1 Å². The summed E-state index contributed by atoms with van der Waals surface area (Å²) in [5.74, 6) is 0.846. The van der Waals surface area contributed by atoms with E-state index in [0.717, 1.165) is 48.5 Å². The zero-order valence-electron chi connectivity index (χ0n) is 9.59. The van der Waals surface area contributed by atoms with Crippen molar-refractivity contribution >= 4 is 11.6 Å². The molecular weight excluding hydrogens is 222 g/mol. The summed E-state index contributed by atoms with van der Waals surface area (Å²) in [5, 5.41) is 14.3. The van der Waals surface area contributed by atoms with Crippen molar-refractivity contribution in [3.63, 3.8) is 0 Å². The van der Waals surface area contributed by atoms with Gasteiger partial charge in [-0.2, -0.15) is 0 Å². The molecule has 1 aliphatic heterocycles. The number of phenols is 1. The van der Waals surface area contributed by atoms with Crippen molar-refractivity contribution in [1.29, 1.82) is 0 Å². The maximum Gasteiger partial charge on any atom is 0.122 e. The minimum Gasteiger partial charge on any atom is -0.507 e. The summed E-state index contributed by atoms with van der Waals surface area (Å²) in [6.07, 6.45) is 3.11. The van der Waals surface area contributed by atoms with E-state index in [4.69, 9.17) is 11.6 Å². The lowest BCUT2D eigenvalue weighted by Crippen LogP contribution is -2.28. The third kappa shape index (κ3) is 2.33. The summed E-state index contributed by atoms with van der Waals surface area (Å²) < 4.78 is 0. The predicted molar refractivity (Wildman–Crippen MR) is 67.3 cm³/mol. The Morgan fingerprint density at radius 2 is 2.31 bits per heavy atom. The highest BCUT2D eigenvalue weighted by atomic mass is 35.5. The Morgan fingerprint density at radius 3 is 2.94 bits per heavy atom. The van der Waals surface area contributed by atoms with Crippen LogP contribution in [0, 0.1) is 0 Å². The van der Waals surface area contributed by atoms with Crippen LogP contribution in [0.2, 0.25) is 5.02 Å². The molecule has 1 fully saturated rings. The molecule has 0 spiro atoms. The van der Waals surface area contributed by atoms with Gasteiger partial charge in [-0.25, -0.2) is 0 Å². The lowest BCUT2D eigenvalue weighted by Gasteiger charge is -2.24. The number of benzene rings is 1. The maximum absolute atomic E-state index is 10.2. The standard InChI is InChI=1S/C13H18ClNO/c1-2-9-6-11(14)7-12(13(9)16)10-4-3-5-15-8-10/h6-7,10,15-16H,2-5,8H2,1H3. The Balaban J connectivity index is 2.34. The molecule has 0 amide bonds. The van der Waals surface area contributed by atoms with E-state index in [9.17, 15) is 5.11 Å². The van der Waals surface area contributed by atoms with E-state index in [0.29, 0.717) is 11.7 Å². The Morgan fingerprint density at radius 1 is 1.50 bits per heavy atom. The molecule has 2 rings (SSSR count). The third-order valence-electron chi connectivity index (χ3n) is 3.30. The third-order valence-corrected chi connectivity index (χ3v) is 3.52. The number of halogens is 1. The number of hydrogen-bond acceptors (Lipinski definition) is 2. The minimum absolute atomic E-state index is 0.401. The number of rotatable bonds is 2. The fraction of sp³-hybridized carbons (Fsp3) is 0.538. The van der Waals surface area contributed by atoms with Gasteiger partial charge >= 0.3 is 0 Å². The van der Waals surface area contributed by atoms with Crippen LogP contribution >= 0.6 is 11.6 Å². The van der Waals surface area contributed by atoms with Gasteiger partial charge in [0.2, 0.25) is 0 Å². The Hall–Kier alpha value is -0.730. The second-order valence-electron chi connectivity index (χ2n) is 4.40. The van der Waals surface area contributed by atoms with Crippen molar-refractivity contribution in [3.8, 4) is 5.75 Å². The van der Waals surface area contributed by atoms with Crippen LogP contribution in [0.15, 0.2) is 12.1 Å². The van der Waals surface area contributed by atoms with Crippen molar-refractivity contribution in [1.82, 2.24) is 5.32 Å². The molecule has 0 bridgehead atoms. The Kier molecular flexibility index (Phi) is 3.72. The highest BCUT2D eigenvalue weighted by molar-refractivity contribution is 6.30. The number of phenolic OH excluding ortho intramolecular Hbond substituents is 1. The van der Waals surface area contributed by atoms with E-state index in [2.05, 4.69) is 5.32 Å². The second kappa shape index (κ2) is 5.07. The molecule has 88 valence electrons. The first kappa shape index (κ1) is 11.7. The van der Waals surface area contributed by atoms with E-state index in [1.54, 1.807) is 0 Å². The Labute approximate surface area is 102 Å². The number of aromatic hydroxyl groups is 1. The predicted octanol–water partition coefficient (Wildman–Crippen LogP) is 3.08. The number of aryl methyl sites for hydroxylation is 1. The Bertz CT molecular complexity index is 372. The highest BCUT2D eigenvalue weighted by Crippen LogP contribution is 2.35. The fourth-order valence-corrected chi connectivity index (χ4v) is 2.63. The van der Waals surface area contributed by atoms with Crippen LogP contribution in [0.5, 0.6) is 5.75 Å². The molecule has 0 radical (unpaired) electrons. The first-order valence-electron chi connectivity index (χ1n) is 5.94. The zero-order valence-corrected chi connectivity index (χ0v) is 10.3. The number of hydrogen-bond donors (Lipinski definition) is 2. The molecule has 1 aliphatic rings. The second-order valence-corrected chi connectivity index (χ2v) is 4.84. The largest absolute Gasteiger partial charge is 0.507 e. The van der Waals surface area contributed by atoms with Gasteiger partial charge in [0, 0.05) is 17.5 Å². The SMILES string of the molecule is CCc1cc(Cl)cc(C2CCCNC2)c1O. The quantitative estimate of drug-likeness (QED) is 0.832. The minimum atomic E-state index is 0.401. The first-order valence-corrected chi connectivity index (χ1v) is 6.32. The van der Waals surface area contributed by atoms with E-state index in [-0.39, 0.29) is 0 Å². The van der Waals surface area contributed by atoms with E-state index < -0.39 is 0 Å². The lowest BCUT2D eigenvalue weighted by molar-refractivity contribution is 0.422. The van der Waals surface area contributed by atoms with E-state index in [1.807, 2.05) is 19.1 Å². The summed E-state index contributed by atoms with van der Waals surface area (Å²) in [4.78, 5) is 0. The summed E-state index contributed by atoms with van der Waals surface area (Å²) in [6, 6.07) is 3.77. The molecule has 1 unspecified atom stereocenters. The van der Waals surface area contributed by atoms with Crippen molar-refractivity contribution < 1.29 is 5.11 Å². The van der Waals surface area contributed by atoms with Gasteiger partial charge in [0.25, 0.3) is 0 Å². The molecule has 3 heteroatoms. The molecule has 0 aliphatic carbocycles. The molecule has 1 heterocycles. The normalized spacial score (nSPS) is 21.0. The zero-order chi connectivity index (χ0) is 11.5. The summed E-state index contributed by atoms with van der Waals surface area (Å²) >= 11 is 6.09. The van der Waals surface area contributed by atoms with Gasteiger partial charge in [0.15, 0.2) is 0 Å². The molecule has 0 aromatic heterocycles. The van der Waals surface area contributed by atoms with E-state index in [1.165, 1.54) is 0 Å². The highest BCUT2D eigenvalue weighted by Gasteiger charge is 2.20. The van der Waals surface area contributed by atoms with Crippen molar-refractivity contribution in [2.75, 3.05) is 13.1 Å². The molecule has 0 saturated carbocycles. The molecule has 2 nitrogen and oxygen atoms in total. The lowest BCUT2D eigenvalue weighted by atomic mass is 9.89. The molecule has 1 aromatic rings. The van der Waals surface area contributed by atoms with Crippen molar-refractivity contribution in [3.05, 3.63) is 28.3 Å². The van der Waals surface area contributed by atoms with Gasteiger partial charge in [-0.05, 0) is 49.1 Å². The van der Waals surface area contributed by atoms with Crippen molar-refractivity contribution in [2.24, 2.45) is 0 Å². The molecule has 16 heavy (non-hydrogen) atoms. The summed E-state index contributed by atoms with van der Waals surface area (Å²) in [5.41, 5.74) is 1.96. The van der Waals surface area contributed by atoms with Crippen LogP contribution in [0.3, 0.4) is 0 Å². The smallest absolute Gasteiger partial charge is 0.122 e. The molecule has 1 saturated heterocycles. The monoisotopic (exact) mass is 239 g/mol. The van der Waals surface area contributed by atoms with Crippen LogP contribution in [0.1, 0.15) is 36.8 Å². The van der Waals surface area contributed by atoms with Gasteiger partial charge < -0.3 is 10.4 Å². The van der Waals surface area contributed by atoms with Crippen LogP contribution in [-0.2, 0) is 6.42 Å². The van der Waals surface area contributed by atoms with Gasteiger partial charge in [-0.1, -0.05) is 18.5 Å². The molecule has 1 atom stereocenters. The summed E-state index contributed by atoms with van der Waals surface area (Å²) in [7, 11) is 0. The van der Waals surface area contributed by atoms with Gasteiger partial charge in [-0.15, -0.1) is 0 Å². The number of nitrogens with one attached hydrogen (secondary N) is 1. The van der Waals surface area contributed by atoms with Gasteiger partial charge in [-0.3, -0.25) is 0 Å². The average Bonchev–Trinajstić information content (AvgIpc) is 2.33. The molecule has 1 aromatic carbocycles. The fourth-order valence-electron chi connectivity index (χ4n) is 2.38. The van der Waals surface area contributed by atoms with Gasteiger partial charge in [0.05, 0.1) is 0 Å². The van der Waals surface area contributed by atoms with Crippen LogP contribution in [-0.4, -0.2) is 18.2 Å². The van der Waals surface area contributed by atoms with E-state index >= 15 is 0 Å².